The van der Waals surface area contributed by atoms with E-state index in [0.717, 1.165) is 25.7 Å². The summed E-state index contributed by atoms with van der Waals surface area (Å²) in [5.74, 6) is -0.489. The van der Waals surface area contributed by atoms with Gasteiger partial charge in [0.25, 0.3) is 0 Å². The second-order valence-corrected chi connectivity index (χ2v) is 4.14. The van der Waals surface area contributed by atoms with E-state index in [9.17, 15) is 4.79 Å². The van der Waals surface area contributed by atoms with Crippen LogP contribution < -0.4 is 0 Å². The molecule has 0 aliphatic heterocycles. The van der Waals surface area contributed by atoms with E-state index in [1.807, 2.05) is 0 Å². The van der Waals surface area contributed by atoms with Gasteiger partial charge in [-0.2, -0.15) is 0 Å². The Morgan fingerprint density at radius 2 is 1.85 bits per heavy atom. The Balaban J connectivity index is 1.90. The smallest absolute Gasteiger partial charge is 0.333 e. The molecule has 13 heavy (non-hydrogen) atoms. The predicted molar refractivity (Wildman–Crippen MR) is 47.5 cm³/mol. The van der Waals surface area contributed by atoms with Crippen molar-refractivity contribution in [3.63, 3.8) is 0 Å². The highest BCUT2D eigenvalue weighted by Crippen LogP contribution is 2.33. The van der Waals surface area contributed by atoms with Gasteiger partial charge in [-0.15, -0.1) is 0 Å². The van der Waals surface area contributed by atoms with E-state index < -0.39 is 12.1 Å². The second kappa shape index (κ2) is 3.66. The van der Waals surface area contributed by atoms with Gasteiger partial charge in [0.1, 0.15) is 0 Å². The molecule has 1 N–H and O–H groups in total. The molecule has 0 amide bonds. The Morgan fingerprint density at radius 1 is 1.23 bits per heavy atom. The number of ether oxygens (including phenoxy) is 1. The highest BCUT2D eigenvalue weighted by Gasteiger charge is 2.36. The molecule has 0 heterocycles. The van der Waals surface area contributed by atoms with Crippen molar-refractivity contribution in [1.29, 1.82) is 0 Å². The molecule has 3 nitrogen and oxygen atoms in total. The maximum Gasteiger partial charge on any atom is 0.333 e. The SMILES string of the molecule is O=C(O)[C@@H](OC1CC1)C1CCCC1. The van der Waals surface area contributed by atoms with E-state index in [1.165, 1.54) is 12.8 Å². The fraction of sp³-hybridized carbons (Fsp3) is 0.900. The minimum Gasteiger partial charge on any atom is -0.479 e. The fourth-order valence-electron chi connectivity index (χ4n) is 2.04. The lowest BCUT2D eigenvalue weighted by molar-refractivity contribution is -0.155. The van der Waals surface area contributed by atoms with Crippen molar-refractivity contribution < 1.29 is 14.6 Å². The number of carboxylic acids is 1. The van der Waals surface area contributed by atoms with Crippen molar-refractivity contribution in [2.75, 3.05) is 0 Å². The van der Waals surface area contributed by atoms with Gasteiger partial charge in [0.2, 0.25) is 0 Å². The highest BCUT2D eigenvalue weighted by atomic mass is 16.5. The summed E-state index contributed by atoms with van der Waals surface area (Å²) in [5, 5.41) is 8.99. The maximum atomic E-state index is 10.9. The van der Waals surface area contributed by atoms with Crippen LogP contribution >= 0.6 is 0 Å². The van der Waals surface area contributed by atoms with E-state index in [4.69, 9.17) is 9.84 Å². The van der Waals surface area contributed by atoms with Crippen molar-refractivity contribution in [3.8, 4) is 0 Å². The normalized spacial score (nSPS) is 26.2. The van der Waals surface area contributed by atoms with Gasteiger partial charge in [-0.3, -0.25) is 0 Å². The van der Waals surface area contributed by atoms with Crippen molar-refractivity contribution >= 4 is 5.97 Å². The molecule has 0 bridgehead atoms. The van der Waals surface area contributed by atoms with Gasteiger partial charge < -0.3 is 9.84 Å². The summed E-state index contributed by atoms with van der Waals surface area (Å²) >= 11 is 0. The molecule has 0 aromatic carbocycles. The number of rotatable bonds is 4. The van der Waals surface area contributed by atoms with Crippen molar-refractivity contribution in [2.24, 2.45) is 5.92 Å². The van der Waals surface area contributed by atoms with E-state index >= 15 is 0 Å². The molecule has 0 aromatic heterocycles. The van der Waals surface area contributed by atoms with E-state index in [-0.39, 0.29) is 12.0 Å². The minimum atomic E-state index is -0.765. The first-order valence-corrected chi connectivity index (χ1v) is 5.15. The minimum absolute atomic E-state index is 0.252. The lowest BCUT2D eigenvalue weighted by Gasteiger charge is -2.19. The zero-order valence-electron chi connectivity index (χ0n) is 7.74. The number of carbonyl (C=O) groups is 1. The molecule has 0 aromatic rings. The van der Waals surface area contributed by atoms with Gasteiger partial charge in [-0.25, -0.2) is 4.79 Å². The Bertz CT molecular complexity index is 192. The lowest BCUT2D eigenvalue weighted by Crippen LogP contribution is -2.31. The van der Waals surface area contributed by atoms with E-state index in [0.29, 0.717) is 0 Å². The molecule has 74 valence electrons. The largest absolute Gasteiger partial charge is 0.479 e. The van der Waals surface area contributed by atoms with Gasteiger partial charge in [0.05, 0.1) is 6.10 Å². The van der Waals surface area contributed by atoms with Crippen LogP contribution in [0.4, 0.5) is 0 Å². The summed E-state index contributed by atoms with van der Waals surface area (Å²) in [4.78, 5) is 10.9. The van der Waals surface area contributed by atoms with Gasteiger partial charge in [0.15, 0.2) is 6.10 Å². The van der Waals surface area contributed by atoms with Crippen molar-refractivity contribution in [1.82, 2.24) is 0 Å². The van der Waals surface area contributed by atoms with Crippen LogP contribution in [0.25, 0.3) is 0 Å². The molecule has 2 saturated carbocycles. The summed E-state index contributed by atoms with van der Waals surface area (Å²) in [6.07, 6.45) is 6.24. The summed E-state index contributed by atoms with van der Waals surface area (Å²) in [6, 6.07) is 0. The molecule has 0 unspecified atom stereocenters. The molecular weight excluding hydrogens is 168 g/mol. The summed E-state index contributed by atoms with van der Waals surface area (Å²) in [5.41, 5.74) is 0. The summed E-state index contributed by atoms with van der Waals surface area (Å²) in [7, 11) is 0. The first-order chi connectivity index (χ1) is 6.27. The molecule has 0 saturated heterocycles. The van der Waals surface area contributed by atoms with Crippen LogP contribution in [-0.4, -0.2) is 23.3 Å². The van der Waals surface area contributed by atoms with Crippen LogP contribution in [0.3, 0.4) is 0 Å². The van der Waals surface area contributed by atoms with E-state index in [2.05, 4.69) is 0 Å². The van der Waals surface area contributed by atoms with Crippen LogP contribution in [0.15, 0.2) is 0 Å². The highest BCUT2D eigenvalue weighted by molar-refractivity contribution is 5.72. The van der Waals surface area contributed by atoms with Crippen molar-refractivity contribution in [2.45, 2.75) is 50.7 Å². The number of hydrogen-bond donors (Lipinski definition) is 1. The van der Waals surface area contributed by atoms with Crippen LogP contribution in [-0.2, 0) is 9.53 Å². The summed E-state index contributed by atoms with van der Waals surface area (Å²) in [6.45, 7) is 0. The molecule has 2 rings (SSSR count). The van der Waals surface area contributed by atoms with Crippen LogP contribution in [0.2, 0.25) is 0 Å². The standard InChI is InChI=1S/C10H16O3/c11-10(12)9(13-8-5-6-8)7-3-1-2-4-7/h7-9H,1-6H2,(H,11,12)/t9-/m0/s1. The summed E-state index contributed by atoms with van der Waals surface area (Å²) < 4.78 is 5.51. The third kappa shape index (κ3) is 2.21. The number of hydrogen-bond acceptors (Lipinski definition) is 2. The van der Waals surface area contributed by atoms with Gasteiger partial charge in [0, 0.05) is 0 Å². The Labute approximate surface area is 78.1 Å². The van der Waals surface area contributed by atoms with Crippen LogP contribution in [0, 0.1) is 5.92 Å². The monoisotopic (exact) mass is 184 g/mol. The predicted octanol–water partition coefficient (Wildman–Crippen LogP) is 1.81. The van der Waals surface area contributed by atoms with Gasteiger partial charge >= 0.3 is 5.97 Å². The molecular formula is C10H16O3. The van der Waals surface area contributed by atoms with Crippen molar-refractivity contribution in [3.05, 3.63) is 0 Å². The van der Waals surface area contributed by atoms with Gasteiger partial charge in [-0.1, -0.05) is 12.8 Å². The van der Waals surface area contributed by atoms with Gasteiger partial charge in [-0.05, 0) is 31.6 Å². The number of carboxylic acid groups (broad SMARTS) is 1. The first kappa shape index (κ1) is 9.00. The Kier molecular flexibility index (Phi) is 2.54. The third-order valence-corrected chi connectivity index (χ3v) is 2.93. The van der Waals surface area contributed by atoms with Crippen LogP contribution in [0.5, 0.6) is 0 Å². The molecule has 2 aliphatic carbocycles. The Hall–Kier alpha value is -0.570. The fourth-order valence-corrected chi connectivity index (χ4v) is 2.04. The number of aliphatic carboxylic acids is 1. The molecule has 3 heteroatoms. The topological polar surface area (TPSA) is 46.5 Å². The quantitative estimate of drug-likeness (QED) is 0.724. The third-order valence-electron chi connectivity index (χ3n) is 2.93. The molecule has 0 spiro atoms. The molecule has 2 fully saturated rings. The van der Waals surface area contributed by atoms with E-state index in [1.54, 1.807) is 0 Å². The second-order valence-electron chi connectivity index (χ2n) is 4.14. The average molecular weight is 184 g/mol. The molecule has 2 aliphatic rings. The average Bonchev–Trinajstić information content (AvgIpc) is 2.75. The molecule has 0 radical (unpaired) electrons. The zero-order chi connectivity index (χ0) is 9.26. The molecule has 1 atom stereocenters. The lowest BCUT2D eigenvalue weighted by atomic mass is 10.0. The maximum absolute atomic E-state index is 10.9. The first-order valence-electron chi connectivity index (χ1n) is 5.15. The zero-order valence-corrected chi connectivity index (χ0v) is 7.74. The Morgan fingerprint density at radius 3 is 2.31 bits per heavy atom. The van der Waals surface area contributed by atoms with Crippen LogP contribution in [0.1, 0.15) is 38.5 Å².